The van der Waals surface area contributed by atoms with Gasteiger partial charge in [0.1, 0.15) is 0 Å². The summed E-state index contributed by atoms with van der Waals surface area (Å²) in [7, 11) is 0. The van der Waals surface area contributed by atoms with E-state index in [0.29, 0.717) is 12.0 Å². The molecule has 0 bridgehead atoms. The molecule has 2 unspecified atom stereocenters. The molecular weight excluding hydrogens is 214 g/mol. The molecule has 3 heteroatoms. The van der Waals surface area contributed by atoms with E-state index >= 15 is 0 Å². The summed E-state index contributed by atoms with van der Waals surface area (Å²) >= 11 is 0. The average molecular weight is 239 g/mol. The molecule has 2 saturated carbocycles. The quantitative estimate of drug-likeness (QED) is 0.776. The molecule has 2 rings (SSSR count). The number of carbonyl (C=O) groups is 1. The first-order chi connectivity index (χ1) is 8.16. The molecule has 2 fully saturated rings. The summed E-state index contributed by atoms with van der Waals surface area (Å²) in [5.41, 5.74) is 0. The van der Waals surface area contributed by atoms with Crippen LogP contribution in [0.15, 0.2) is 0 Å². The Morgan fingerprint density at radius 2 is 1.71 bits per heavy atom. The summed E-state index contributed by atoms with van der Waals surface area (Å²) < 4.78 is 0. The molecule has 2 aliphatic rings. The van der Waals surface area contributed by atoms with Crippen molar-refractivity contribution in [3.8, 4) is 0 Å². The summed E-state index contributed by atoms with van der Waals surface area (Å²) in [5.74, 6) is 1.00. The third kappa shape index (κ3) is 3.44. The number of hydrogen-bond acceptors (Lipinski definition) is 2. The maximum Gasteiger partial charge on any atom is 0.223 e. The molecule has 2 atom stereocenters. The van der Waals surface area contributed by atoms with Crippen LogP contribution < -0.4 is 5.32 Å². The van der Waals surface area contributed by atoms with Crippen molar-refractivity contribution in [1.82, 2.24) is 5.32 Å². The van der Waals surface area contributed by atoms with E-state index in [2.05, 4.69) is 12.2 Å². The van der Waals surface area contributed by atoms with E-state index in [1.165, 1.54) is 19.3 Å². The van der Waals surface area contributed by atoms with Crippen molar-refractivity contribution in [3.63, 3.8) is 0 Å². The number of carbonyl (C=O) groups excluding carboxylic acids is 1. The molecule has 1 amide bonds. The van der Waals surface area contributed by atoms with Crippen LogP contribution >= 0.6 is 0 Å². The second-order valence-corrected chi connectivity index (χ2v) is 5.88. The summed E-state index contributed by atoms with van der Waals surface area (Å²) in [6, 6.07) is 0.392. The minimum absolute atomic E-state index is 0.146. The molecule has 0 aliphatic heterocycles. The van der Waals surface area contributed by atoms with Crippen molar-refractivity contribution in [2.45, 2.75) is 70.4 Å². The zero-order valence-electron chi connectivity index (χ0n) is 10.8. The number of aliphatic hydroxyl groups is 1. The van der Waals surface area contributed by atoms with Gasteiger partial charge in [-0.1, -0.05) is 19.8 Å². The van der Waals surface area contributed by atoms with Gasteiger partial charge in [-0.2, -0.15) is 0 Å². The third-order valence-corrected chi connectivity index (χ3v) is 4.51. The number of hydrogen-bond donors (Lipinski definition) is 2. The lowest BCUT2D eigenvalue weighted by Crippen LogP contribution is -2.44. The van der Waals surface area contributed by atoms with Gasteiger partial charge in [0.2, 0.25) is 5.91 Å². The Balaban J connectivity index is 1.79. The van der Waals surface area contributed by atoms with Crippen molar-refractivity contribution >= 4 is 5.91 Å². The van der Waals surface area contributed by atoms with Gasteiger partial charge in [0.05, 0.1) is 6.10 Å². The standard InChI is InChI=1S/C14H25NO2/c1-10-4-2-3-5-13(10)15-14(17)11-6-8-12(16)9-7-11/h10-13,16H,2-9H2,1H3,(H,15,17). The maximum atomic E-state index is 12.1. The lowest BCUT2D eigenvalue weighted by atomic mass is 9.83. The molecule has 0 heterocycles. The predicted molar refractivity (Wildman–Crippen MR) is 67.5 cm³/mol. The van der Waals surface area contributed by atoms with E-state index in [-0.39, 0.29) is 17.9 Å². The molecule has 0 saturated heterocycles. The van der Waals surface area contributed by atoms with E-state index in [1.54, 1.807) is 0 Å². The SMILES string of the molecule is CC1CCCCC1NC(=O)C1CCC(O)CC1. The molecule has 0 spiro atoms. The Labute approximate surface area is 104 Å². The van der Waals surface area contributed by atoms with Gasteiger partial charge in [0.15, 0.2) is 0 Å². The van der Waals surface area contributed by atoms with Crippen LogP contribution in [0.4, 0.5) is 0 Å². The molecule has 2 aliphatic carbocycles. The van der Waals surface area contributed by atoms with Gasteiger partial charge >= 0.3 is 0 Å². The molecule has 0 aromatic heterocycles. The zero-order valence-corrected chi connectivity index (χ0v) is 10.8. The highest BCUT2D eigenvalue weighted by Crippen LogP contribution is 2.27. The zero-order chi connectivity index (χ0) is 12.3. The summed E-state index contributed by atoms with van der Waals surface area (Å²) in [5, 5.41) is 12.7. The van der Waals surface area contributed by atoms with Crippen LogP contribution in [-0.2, 0) is 4.79 Å². The third-order valence-electron chi connectivity index (χ3n) is 4.51. The smallest absolute Gasteiger partial charge is 0.223 e. The highest BCUT2D eigenvalue weighted by Gasteiger charge is 2.29. The van der Waals surface area contributed by atoms with Crippen LogP contribution in [0.5, 0.6) is 0 Å². The molecule has 98 valence electrons. The average Bonchev–Trinajstić information content (AvgIpc) is 2.33. The maximum absolute atomic E-state index is 12.1. The van der Waals surface area contributed by atoms with Crippen molar-refractivity contribution in [2.24, 2.45) is 11.8 Å². The Bertz CT molecular complexity index is 259. The topological polar surface area (TPSA) is 49.3 Å². The van der Waals surface area contributed by atoms with Crippen LogP contribution in [0.1, 0.15) is 58.3 Å². The highest BCUT2D eigenvalue weighted by molar-refractivity contribution is 5.79. The van der Waals surface area contributed by atoms with Crippen molar-refractivity contribution in [3.05, 3.63) is 0 Å². The van der Waals surface area contributed by atoms with Crippen LogP contribution in [-0.4, -0.2) is 23.2 Å². The molecule has 0 radical (unpaired) electrons. The fourth-order valence-corrected chi connectivity index (χ4v) is 3.17. The Morgan fingerprint density at radius 3 is 2.35 bits per heavy atom. The lowest BCUT2D eigenvalue weighted by molar-refractivity contribution is -0.127. The minimum atomic E-state index is -0.173. The van der Waals surface area contributed by atoms with Gasteiger partial charge in [0.25, 0.3) is 0 Å². The van der Waals surface area contributed by atoms with Crippen molar-refractivity contribution in [2.75, 3.05) is 0 Å². The Kier molecular flexibility index (Phi) is 4.43. The minimum Gasteiger partial charge on any atom is -0.393 e. The monoisotopic (exact) mass is 239 g/mol. The summed E-state index contributed by atoms with van der Waals surface area (Å²) in [4.78, 5) is 12.1. The molecule has 0 aromatic carbocycles. The fraction of sp³-hybridized carbons (Fsp3) is 0.929. The fourth-order valence-electron chi connectivity index (χ4n) is 3.17. The second-order valence-electron chi connectivity index (χ2n) is 5.88. The second kappa shape index (κ2) is 5.85. The Hall–Kier alpha value is -0.570. The van der Waals surface area contributed by atoms with Crippen LogP contribution in [0.2, 0.25) is 0 Å². The molecule has 0 aromatic rings. The predicted octanol–water partition coefficient (Wildman–Crippen LogP) is 2.23. The van der Waals surface area contributed by atoms with Gasteiger partial charge in [-0.3, -0.25) is 4.79 Å². The van der Waals surface area contributed by atoms with Crippen LogP contribution in [0, 0.1) is 11.8 Å². The van der Waals surface area contributed by atoms with Crippen molar-refractivity contribution in [1.29, 1.82) is 0 Å². The molecule has 2 N–H and O–H groups in total. The largest absolute Gasteiger partial charge is 0.393 e. The molecular formula is C14H25NO2. The number of aliphatic hydroxyl groups excluding tert-OH is 1. The van der Waals surface area contributed by atoms with E-state index in [9.17, 15) is 9.90 Å². The number of amides is 1. The van der Waals surface area contributed by atoms with Crippen LogP contribution in [0.25, 0.3) is 0 Å². The highest BCUT2D eigenvalue weighted by atomic mass is 16.3. The summed E-state index contributed by atoms with van der Waals surface area (Å²) in [6.07, 6.45) is 8.06. The number of nitrogens with one attached hydrogen (secondary N) is 1. The first-order valence-electron chi connectivity index (χ1n) is 7.15. The molecule has 3 nitrogen and oxygen atoms in total. The Morgan fingerprint density at radius 1 is 1.06 bits per heavy atom. The van der Waals surface area contributed by atoms with E-state index < -0.39 is 0 Å². The van der Waals surface area contributed by atoms with Crippen LogP contribution in [0.3, 0.4) is 0 Å². The summed E-state index contributed by atoms with van der Waals surface area (Å²) in [6.45, 7) is 2.24. The van der Waals surface area contributed by atoms with Gasteiger partial charge in [0, 0.05) is 12.0 Å². The number of rotatable bonds is 2. The molecule has 17 heavy (non-hydrogen) atoms. The first kappa shape index (κ1) is 12.9. The van der Waals surface area contributed by atoms with E-state index in [0.717, 1.165) is 32.1 Å². The lowest BCUT2D eigenvalue weighted by Gasteiger charge is -2.32. The van der Waals surface area contributed by atoms with Gasteiger partial charge in [-0.15, -0.1) is 0 Å². The van der Waals surface area contributed by atoms with Crippen molar-refractivity contribution < 1.29 is 9.90 Å². The normalized spacial score (nSPS) is 38.7. The van der Waals surface area contributed by atoms with E-state index in [4.69, 9.17) is 0 Å². The van der Waals surface area contributed by atoms with Gasteiger partial charge < -0.3 is 10.4 Å². The van der Waals surface area contributed by atoms with E-state index in [1.807, 2.05) is 0 Å². The first-order valence-corrected chi connectivity index (χ1v) is 7.15. The van der Waals surface area contributed by atoms with Gasteiger partial charge in [-0.25, -0.2) is 0 Å². The van der Waals surface area contributed by atoms with Gasteiger partial charge in [-0.05, 0) is 44.4 Å².